The van der Waals surface area contributed by atoms with Gasteiger partial charge in [-0.1, -0.05) is 6.92 Å². The quantitative estimate of drug-likeness (QED) is 0.921. The number of aromatic nitrogens is 3. The van der Waals surface area contributed by atoms with E-state index in [2.05, 4.69) is 20.3 Å². The van der Waals surface area contributed by atoms with Gasteiger partial charge in [-0.05, 0) is 25.1 Å². The van der Waals surface area contributed by atoms with Gasteiger partial charge in [-0.15, -0.1) is 0 Å². The molecule has 0 aliphatic heterocycles. The maximum atomic E-state index is 12.6. The minimum atomic E-state index is -4.38. The van der Waals surface area contributed by atoms with Gasteiger partial charge in [0.1, 0.15) is 6.33 Å². The number of alkyl halides is 3. The Bertz CT molecular complexity index is 555. The molecule has 2 rings (SSSR count). The molecular weight excluding hydrogens is 281 g/mol. The molecule has 0 saturated heterocycles. The maximum Gasteiger partial charge on any atom is 0.417 e. The number of rotatable bonds is 5. The lowest BCUT2D eigenvalue weighted by molar-refractivity contribution is -0.137. The highest BCUT2D eigenvalue weighted by Gasteiger charge is 2.31. The van der Waals surface area contributed by atoms with Gasteiger partial charge < -0.3 is 5.32 Å². The summed E-state index contributed by atoms with van der Waals surface area (Å²) >= 11 is 0. The highest BCUT2D eigenvalue weighted by Crippen LogP contribution is 2.29. The molecule has 0 spiro atoms. The molecule has 0 amide bonds. The zero-order chi connectivity index (χ0) is 15.3. The standard InChI is InChI=1S/C14H15F3N4/c1-2-5-20-13(10-6-18-9-19-7-10)12-4-3-11(8-21-12)14(15,16)17/h3-4,6-9,13,20H,2,5H2,1H3. The molecule has 0 bridgehead atoms. The molecule has 2 heterocycles. The third-order valence-corrected chi connectivity index (χ3v) is 2.92. The van der Waals surface area contributed by atoms with E-state index in [1.54, 1.807) is 12.4 Å². The SMILES string of the molecule is CCCNC(c1cncnc1)c1ccc(C(F)(F)F)cn1. The van der Waals surface area contributed by atoms with Crippen LogP contribution < -0.4 is 5.32 Å². The number of pyridine rings is 1. The molecule has 7 heteroatoms. The van der Waals surface area contributed by atoms with Crippen molar-refractivity contribution in [1.29, 1.82) is 0 Å². The van der Waals surface area contributed by atoms with E-state index in [1.807, 2.05) is 6.92 Å². The zero-order valence-corrected chi connectivity index (χ0v) is 11.4. The van der Waals surface area contributed by atoms with Crippen LogP contribution in [0.5, 0.6) is 0 Å². The van der Waals surface area contributed by atoms with E-state index < -0.39 is 11.7 Å². The predicted molar refractivity (Wildman–Crippen MR) is 71.4 cm³/mol. The Morgan fingerprint density at radius 2 is 1.86 bits per heavy atom. The summed E-state index contributed by atoms with van der Waals surface area (Å²) in [4.78, 5) is 11.8. The van der Waals surface area contributed by atoms with Gasteiger partial charge in [0.25, 0.3) is 0 Å². The summed E-state index contributed by atoms with van der Waals surface area (Å²) in [6, 6.07) is 2.09. The first kappa shape index (κ1) is 15.4. The summed E-state index contributed by atoms with van der Waals surface area (Å²) in [7, 11) is 0. The average molecular weight is 296 g/mol. The van der Waals surface area contributed by atoms with Crippen LogP contribution in [-0.2, 0) is 6.18 Å². The Hall–Kier alpha value is -2.02. The van der Waals surface area contributed by atoms with Crippen molar-refractivity contribution in [2.75, 3.05) is 6.54 Å². The second-order valence-corrected chi connectivity index (χ2v) is 4.53. The van der Waals surface area contributed by atoms with Gasteiger partial charge in [0.05, 0.1) is 17.3 Å². The van der Waals surface area contributed by atoms with Gasteiger partial charge in [-0.2, -0.15) is 13.2 Å². The Morgan fingerprint density at radius 1 is 1.14 bits per heavy atom. The van der Waals surface area contributed by atoms with Gasteiger partial charge in [0, 0.05) is 24.2 Å². The molecule has 0 aliphatic rings. The molecule has 4 nitrogen and oxygen atoms in total. The van der Waals surface area contributed by atoms with E-state index >= 15 is 0 Å². The smallest absolute Gasteiger partial charge is 0.305 e. The second-order valence-electron chi connectivity index (χ2n) is 4.53. The van der Waals surface area contributed by atoms with Gasteiger partial charge in [0.15, 0.2) is 0 Å². The summed E-state index contributed by atoms with van der Waals surface area (Å²) < 4.78 is 37.7. The minimum absolute atomic E-state index is 0.326. The molecule has 0 aromatic carbocycles. The molecule has 0 radical (unpaired) electrons. The lowest BCUT2D eigenvalue weighted by Crippen LogP contribution is -2.24. The Labute approximate surface area is 120 Å². The van der Waals surface area contributed by atoms with Crippen molar-refractivity contribution in [3.05, 3.63) is 53.9 Å². The van der Waals surface area contributed by atoms with Gasteiger partial charge >= 0.3 is 6.18 Å². The monoisotopic (exact) mass is 296 g/mol. The normalized spacial score (nSPS) is 13.1. The summed E-state index contributed by atoms with van der Waals surface area (Å²) in [6.07, 6.45) is 2.01. The molecule has 0 fully saturated rings. The third kappa shape index (κ3) is 3.98. The molecule has 0 saturated carbocycles. The fourth-order valence-electron chi connectivity index (χ4n) is 1.89. The maximum absolute atomic E-state index is 12.6. The van der Waals surface area contributed by atoms with Crippen molar-refractivity contribution < 1.29 is 13.2 Å². The molecule has 21 heavy (non-hydrogen) atoms. The lowest BCUT2D eigenvalue weighted by atomic mass is 10.1. The largest absolute Gasteiger partial charge is 0.417 e. The molecule has 0 aliphatic carbocycles. The number of hydrogen-bond donors (Lipinski definition) is 1. The Balaban J connectivity index is 2.29. The lowest BCUT2D eigenvalue weighted by Gasteiger charge is -2.18. The van der Waals surface area contributed by atoms with E-state index in [0.29, 0.717) is 12.2 Å². The first-order chi connectivity index (χ1) is 10.0. The third-order valence-electron chi connectivity index (χ3n) is 2.92. The second kappa shape index (κ2) is 6.62. The molecule has 1 atom stereocenters. The number of hydrogen-bond acceptors (Lipinski definition) is 4. The molecule has 112 valence electrons. The van der Waals surface area contributed by atoms with Gasteiger partial charge in [0.2, 0.25) is 0 Å². The number of nitrogens with zero attached hydrogens (tertiary/aromatic N) is 3. The van der Waals surface area contributed by atoms with Crippen molar-refractivity contribution in [3.8, 4) is 0 Å². The van der Waals surface area contributed by atoms with Crippen LogP contribution in [0.1, 0.15) is 36.2 Å². The van der Waals surface area contributed by atoms with E-state index in [1.165, 1.54) is 12.4 Å². The van der Waals surface area contributed by atoms with Gasteiger partial charge in [-0.3, -0.25) is 4.98 Å². The summed E-state index contributed by atoms with van der Waals surface area (Å²) in [5.41, 5.74) is 0.509. The predicted octanol–water partition coefficient (Wildman–Crippen LogP) is 2.98. The highest BCUT2D eigenvalue weighted by atomic mass is 19.4. The summed E-state index contributed by atoms with van der Waals surface area (Å²) in [5, 5.41) is 3.24. The van der Waals surface area contributed by atoms with Crippen molar-refractivity contribution in [2.24, 2.45) is 0 Å². The van der Waals surface area contributed by atoms with Crippen LogP contribution in [-0.4, -0.2) is 21.5 Å². The fraction of sp³-hybridized carbons (Fsp3) is 0.357. The van der Waals surface area contributed by atoms with Crippen LogP contribution >= 0.6 is 0 Å². The number of halogens is 3. The van der Waals surface area contributed by atoms with Crippen LogP contribution in [0.4, 0.5) is 13.2 Å². The Morgan fingerprint density at radius 3 is 2.38 bits per heavy atom. The van der Waals surface area contributed by atoms with E-state index in [9.17, 15) is 13.2 Å². The van der Waals surface area contributed by atoms with Crippen LogP contribution in [0.25, 0.3) is 0 Å². The topological polar surface area (TPSA) is 50.7 Å². The van der Waals surface area contributed by atoms with Crippen LogP contribution in [0.2, 0.25) is 0 Å². The Kier molecular flexibility index (Phi) is 4.85. The van der Waals surface area contributed by atoms with Crippen LogP contribution in [0.15, 0.2) is 37.1 Å². The summed E-state index contributed by atoms with van der Waals surface area (Å²) in [6.45, 7) is 2.72. The van der Waals surface area contributed by atoms with Crippen molar-refractivity contribution in [1.82, 2.24) is 20.3 Å². The van der Waals surface area contributed by atoms with Crippen molar-refractivity contribution >= 4 is 0 Å². The average Bonchev–Trinajstić information content (AvgIpc) is 2.48. The van der Waals surface area contributed by atoms with E-state index in [4.69, 9.17) is 0 Å². The van der Waals surface area contributed by atoms with Crippen molar-refractivity contribution in [2.45, 2.75) is 25.6 Å². The summed E-state index contributed by atoms with van der Waals surface area (Å²) in [5.74, 6) is 0. The van der Waals surface area contributed by atoms with E-state index in [0.717, 1.165) is 24.2 Å². The molecule has 2 aromatic rings. The molecule has 1 N–H and O–H groups in total. The first-order valence-electron chi connectivity index (χ1n) is 6.53. The minimum Gasteiger partial charge on any atom is -0.305 e. The molecular formula is C14H15F3N4. The molecule has 2 aromatic heterocycles. The zero-order valence-electron chi connectivity index (χ0n) is 11.4. The van der Waals surface area contributed by atoms with E-state index in [-0.39, 0.29) is 6.04 Å². The fourth-order valence-corrected chi connectivity index (χ4v) is 1.89. The van der Waals surface area contributed by atoms with Crippen molar-refractivity contribution in [3.63, 3.8) is 0 Å². The van der Waals surface area contributed by atoms with Gasteiger partial charge in [-0.25, -0.2) is 9.97 Å². The van der Waals surface area contributed by atoms with Crippen LogP contribution in [0.3, 0.4) is 0 Å². The highest BCUT2D eigenvalue weighted by molar-refractivity contribution is 5.26. The molecule has 1 unspecified atom stereocenters. The van der Waals surface area contributed by atoms with Crippen LogP contribution in [0, 0.1) is 0 Å². The number of nitrogens with one attached hydrogen (secondary N) is 1. The first-order valence-corrected chi connectivity index (χ1v) is 6.53.